The first-order valence-electron chi connectivity index (χ1n) is 8.99. The highest BCUT2D eigenvalue weighted by atomic mass is 19.4. The summed E-state index contributed by atoms with van der Waals surface area (Å²) in [4.78, 5) is 16.2. The minimum atomic E-state index is -4.55. The predicted molar refractivity (Wildman–Crippen MR) is 93.6 cm³/mol. The zero-order valence-electron chi connectivity index (χ0n) is 14.7. The van der Waals surface area contributed by atoms with Gasteiger partial charge < -0.3 is 9.80 Å². The number of benzene rings is 1. The Morgan fingerprint density at radius 2 is 1.74 bits per heavy atom. The van der Waals surface area contributed by atoms with Crippen LogP contribution in [0.25, 0.3) is 0 Å². The monoisotopic (exact) mass is 376 g/mol. The molecule has 0 atom stereocenters. The number of anilines is 1. The molecular weight excluding hydrogens is 357 g/mol. The average molecular weight is 376 g/mol. The van der Waals surface area contributed by atoms with Gasteiger partial charge in [-0.25, -0.2) is 0 Å². The van der Waals surface area contributed by atoms with Gasteiger partial charge in [-0.15, -0.1) is 5.10 Å². The molecule has 0 saturated carbocycles. The van der Waals surface area contributed by atoms with Crippen molar-refractivity contribution in [1.29, 1.82) is 0 Å². The molecule has 142 valence electrons. The van der Waals surface area contributed by atoms with Crippen molar-refractivity contribution < 1.29 is 18.0 Å². The normalized spacial score (nSPS) is 17.1. The maximum absolute atomic E-state index is 13.2. The SMILES string of the molecule is O=C(c1ccccc1C(F)(F)F)N1CCN(c2cc3c(nn2)CCC3)CC1. The van der Waals surface area contributed by atoms with Crippen LogP contribution in [-0.4, -0.2) is 47.2 Å². The van der Waals surface area contributed by atoms with Crippen LogP contribution in [0.3, 0.4) is 0 Å². The number of hydrogen-bond acceptors (Lipinski definition) is 4. The van der Waals surface area contributed by atoms with Gasteiger partial charge in [0.1, 0.15) is 0 Å². The predicted octanol–water partition coefficient (Wildman–Crippen LogP) is 2.95. The number of aromatic nitrogens is 2. The Bertz CT molecular complexity index is 860. The molecule has 1 aliphatic heterocycles. The van der Waals surface area contributed by atoms with Crippen molar-refractivity contribution in [3.63, 3.8) is 0 Å². The summed E-state index contributed by atoms with van der Waals surface area (Å²) in [5.74, 6) is 0.195. The number of carbonyl (C=O) groups is 1. The Morgan fingerprint density at radius 3 is 2.48 bits per heavy atom. The fourth-order valence-corrected chi connectivity index (χ4v) is 3.70. The fourth-order valence-electron chi connectivity index (χ4n) is 3.70. The first-order valence-corrected chi connectivity index (χ1v) is 8.99. The number of piperazine rings is 1. The third-order valence-electron chi connectivity index (χ3n) is 5.16. The summed E-state index contributed by atoms with van der Waals surface area (Å²) >= 11 is 0. The summed E-state index contributed by atoms with van der Waals surface area (Å²) in [5, 5.41) is 8.55. The van der Waals surface area contributed by atoms with E-state index in [4.69, 9.17) is 0 Å². The van der Waals surface area contributed by atoms with E-state index in [0.717, 1.165) is 36.8 Å². The quantitative estimate of drug-likeness (QED) is 0.809. The van der Waals surface area contributed by atoms with E-state index < -0.39 is 17.6 Å². The van der Waals surface area contributed by atoms with Crippen LogP contribution in [0.2, 0.25) is 0 Å². The summed E-state index contributed by atoms with van der Waals surface area (Å²) in [6.07, 6.45) is -1.49. The van der Waals surface area contributed by atoms with Crippen molar-refractivity contribution >= 4 is 11.7 Å². The summed E-state index contributed by atoms with van der Waals surface area (Å²) in [6.45, 7) is 1.74. The van der Waals surface area contributed by atoms with Gasteiger partial charge in [0.25, 0.3) is 5.91 Å². The molecule has 2 aromatic rings. The Hall–Kier alpha value is -2.64. The van der Waals surface area contributed by atoms with Crippen LogP contribution in [0.1, 0.15) is 33.6 Å². The fraction of sp³-hybridized carbons (Fsp3) is 0.421. The van der Waals surface area contributed by atoms with Gasteiger partial charge in [0.15, 0.2) is 5.82 Å². The van der Waals surface area contributed by atoms with Gasteiger partial charge in [-0.1, -0.05) is 12.1 Å². The Labute approximate surface area is 154 Å². The molecule has 1 aliphatic carbocycles. The van der Waals surface area contributed by atoms with Gasteiger partial charge in [0.05, 0.1) is 16.8 Å². The summed E-state index contributed by atoms with van der Waals surface area (Å²) in [6, 6.07) is 6.99. The molecule has 0 radical (unpaired) electrons. The van der Waals surface area contributed by atoms with Crippen LogP contribution in [0, 0.1) is 0 Å². The molecule has 0 spiro atoms. The maximum Gasteiger partial charge on any atom is 0.417 e. The molecule has 1 saturated heterocycles. The van der Waals surface area contributed by atoms with Crippen LogP contribution in [-0.2, 0) is 19.0 Å². The molecule has 2 aliphatic rings. The molecule has 1 amide bonds. The number of rotatable bonds is 2. The second kappa shape index (κ2) is 6.83. The minimum absolute atomic E-state index is 0.296. The highest BCUT2D eigenvalue weighted by molar-refractivity contribution is 5.96. The molecule has 8 heteroatoms. The van der Waals surface area contributed by atoms with E-state index in [1.165, 1.54) is 28.7 Å². The van der Waals surface area contributed by atoms with E-state index in [0.29, 0.717) is 26.2 Å². The van der Waals surface area contributed by atoms with Crippen LogP contribution >= 0.6 is 0 Å². The van der Waals surface area contributed by atoms with Gasteiger partial charge in [-0.3, -0.25) is 4.79 Å². The van der Waals surface area contributed by atoms with Gasteiger partial charge in [-0.2, -0.15) is 18.3 Å². The Balaban J connectivity index is 1.46. The van der Waals surface area contributed by atoms with Gasteiger partial charge in [0.2, 0.25) is 0 Å². The molecule has 0 N–H and O–H groups in total. The second-order valence-corrected chi connectivity index (χ2v) is 6.85. The molecule has 27 heavy (non-hydrogen) atoms. The second-order valence-electron chi connectivity index (χ2n) is 6.85. The number of amides is 1. The summed E-state index contributed by atoms with van der Waals surface area (Å²) < 4.78 is 39.5. The van der Waals surface area contributed by atoms with E-state index in [1.807, 2.05) is 11.0 Å². The Morgan fingerprint density at radius 1 is 1.00 bits per heavy atom. The number of halogens is 3. The van der Waals surface area contributed by atoms with Gasteiger partial charge >= 0.3 is 6.18 Å². The van der Waals surface area contributed by atoms with Crippen molar-refractivity contribution in [1.82, 2.24) is 15.1 Å². The molecule has 1 aromatic heterocycles. The van der Waals surface area contributed by atoms with Crippen molar-refractivity contribution in [3.05, 3.63) is 52.7 Å². The third kappa shape index (κ3) is 3.48. The molecule has 2 heterocycles. The van der Waals surface area contributed by atoms with Crippen LogP contribution in [0.4, 0.5) is 19.0 Å². The lowest BCUT2D eigenvalue weighted by Crippen LogP contribution is -2.49. The topological polar surface area (TPSA) is 49.3 Å². The van der Waals surface area contributed by atoms with Crippen LogP contribution in [0.15, 0.2) is 30.3 Å². The number of nitrogens with zero attached hydrogens (tertiary/aromatic N) is 4. The van der Waals surface area contributed by atoms with Crippen molar-refractivity contribution in [2.45, 2.75) is 25.4 Å². The van der Waals surface area contributed by atoms with E-state index in [9.17, 15) is 18.0 Å². The number of carbonyl (C=O) groups excluding carboxylic acids is 1. The summed E-state index contributed by atoms with van der Waals surface area (Å²) in [5.41, 5.74) is 1.09. The van der Waals surface area contributed by atoms with E-state index in [1.54, 1.807) is 0 Å². The lowest BCUT2D eigenvalue weighted by Gasteiger charge is -2.35. The first-order chi connectivity index (χ1) is 12.9. The van der Waals surface area contributed by atoms with Crippen molar-refractivity contribution in [3.8, 4) is 0 Å². The molecule has 1 fully saturated rings. The molecule has 0 unspecified atom stereocenters. The van der Waals surface area contributed by atoms with E-state index >= 15 is 0 Å². The van der Waals surface area contributed by atoms with E-state index in [2.05, 4.69) is 10.2 Å². The maximum atomic E-state index is 13.2. The lowest BCUT2D eigenvalue weighted by atomic mass is 10.1. The number of hydrogen-bond donors (Lipinski definition) is 0. The molecule has 5 nitrogen and oxygen atoms in total. The smallest absolute Gasteiger partial charge is 0.352 e. The summed E-state index contributed by atoms with van der Waals surface area (Å²) in [7, 11) is 0. The molecule has 4 rings (SSSR count). The number of fused-ring (bicyclic) bond motifs is 1. The van der Waals surface area contributed by atoms with E-state index in [-0.39, 0.29) is 5.56 Å². The van der Waals surface area contributed by atoms with Crippen LogP contribution in [0.5, 0.6) is 0 Å². The molecular formula is C19H19F3N4O. The Kier molecular flexibility index (Phi) is 4.49. The van der Waals surface area contributed by atoms with Crippen molar-refractivity contribution in [2.24, 2.45) is 0 Å². The van der Waals surface area contributed by atoms with Gasteiger partial charge in [-0.05, 0) is 43.0 Å². The zero-order valence-corrected chi connectivity index (χ0v) is 14.7. The largest absolute Gasteiger partial charge is 0.417 e. The lowest BCUT2D eigenvalue weighted by molar-refractivity contribution is -0.138. The minimum Gasteiger partial charge on any atom is -0.352 e. The highest BCUT2D eigenvalue weighted by Crippen LogP contribution is 2.32. The highest BCUT2D eigenvalue weighted by Gasteiger charge is 2.36. The molecule has 1 aromatic carbocycles. The number of alkyl halides is 3. The zero-order chi connectivity index (χ0) is 19.0. The number of aryl methyl sites for hydroxylation is 2. The average Bonchev–Trinajstić information content (AvgIpc) is 3.15. The van der Waals surface area contributed by atoms with Gasteiger partial charge in [0, 0.05) is 26.2 Å². The standard InChI is InChI=1S/C19H19F3N4O/c20-19(21,22)15-6-2-1-5-14(15)18(27)26-10-8-25(9-11-26)17-12-13-4-3-7-16(13)23-24-17/h1-2,5-6,12H,3-4,7-11H2. The van der Waals surface area contributed by atoms with Crippen LogP contribution < -0.4 is 4.90 Å². The first kappa shape index (κ1) is 17.8. The van der Waals surface area contributed by atoms with Crippen molar-refractivity contribution in [2.75, 3.05) is 31.1 Å². The molecule has 0 bridgehead atoms. The third-order valence-corrected chi connectivity index (χ3v) is 5.16.